The van der Waals surface area contributed by atoms with E-state index in [1.54, 1.807) is 24.2 Å². The predicted molar refractivity (Wildman–Crippen MR) is 104 cm³/mol. The van der Waals surface area contributed by atoms with Crippen molar-refractivity contribution in [1.82, 2.24) is 9.88 Å². The molecule has 1 unspecified atom stereocenters. The zero-order valence-corrected chi connectivity index (χ0v) is 15.5. The van der Waals surface area contributed by atoms with E-state index in [2.05, 4.69) is 26.2 Å². The number of aromatic amines is 1. The smallest absolute Gasteiger partial charge is 0.322 e. The standard InChI is InChI=1S/C19H18BrN3O2/c1-12(17-11-21-18(24)16-6-4-3-5-15(16)17)23(2)19(25)22-14-9-7-13(20)8-10-14/h3-12H,1-2H3,(H,21,24)(H,22,25). The average molecular weight is 400 g/mol. The third-order valence-electron chi connectivity index (χ3n) is 4.29. The highest BCUT2D eigenvalue weighted by molar-refractivity contribution is 9.10. The second kappa shape index (κ2) is 7.11. The number of amides is 2. The van der Waals surface area contributed by atoms with Crippen LogP contribution in [0.3, 0.4) is 0 Å². The van der Waals surface area contributed by atoms with E-state index in [9.17, 15) is 9.59 Å². The van der Waals surface area contributed by atoms with Crippen molar-refractivity contribution >= 4 is 38.4 Å². The van der Waals surface area contributed by atoms with Gasteiger partial charge in [-0.1, -0.05) is 34.1 Å². The molecule has 3 rings (SSSR count). The van der Waals surface area contributed by atoms with Crippen molar-refractivity contribution in [3.8, 4) is 0 Å². The second-order valence-electron chi connectivity index (χ2n) is 5.84. The van der Waals surface area contributed by atoms with Crippen LogP contribution < -0.4 is 10.9 Å². The predicted octanol–water partition coefficient (Wildman–Crippen LogP) is 4.52. The Balaban J connectivity index is 1.86. The van der Waals surface area contributed by atoms with Crippen molar-refractivity contribution in [2.75, 3.05) is 12.4 Å². The fourth-order valence-corrected chi connectivity index (χ4v) is 2.97. The number of aromatic nitrogens is 1. The number of pyridine rings is 1. The van der Waals surface area contributed by atoms with Crippen molar-refractivity contribution < 1.29 is 4.79 Å². The van der Waals surface area contributed by atoms with Gasteiger partial charge in [0, 0.05) is 28.8 Å². The Morgan fingerprint density at radius 1 is 1.12 bits per heavy atom. The molecule has 0 aliphatic heterocycles. The molecule has 0 aliphatic rings. The molecule has 0 bridgehead atoms. The summed E-state index contributed by atoms with van der Waals surface area (Å²) in [6.07, 6.45) is 1.68. The summed E-state index contributed by atoms with van der Waals surface area (Å²) in [6, 6.07) is 14.4. The van der Waals surface area contributed by atoms with Gasteiger partial charge in [-0.05, 0) is 48.2 Å². The third kappa shape index (κ3) is 3.58. The van der Waals surface area contributed by atoms with Crippen molar-refractivity contribution in [3.05, 3.63) is 75.1 Å². The highest BCUT2D eigenvalue weighted by atomic mass is 79.9. The highest BCUT2D eigenvalue weighted by Crippen LogP contribution is 2.25. The molecule has 0 saturated carbocycles. The molecule has 5 nitrogen and oxygen atoms in total. The molecule has 0 spiro atoms. The summed E-state index contributed by atoms with van der Waals surface area (Å²) in [4.78, 5) is 28.9. The minimum absolute atomic E-state index is 0.131. The van der Waals surface area contributed by atoms with Gasteiger partial charge >= 0.3 is 6.03 Å². The van der Waals surface area contributed by atoms with E-state index in [0.717, 1.165) is 21.1 Å². The maximum atomic E-state index is 12.5. The van der Waals surface area contributed by atoms with Gasteiger partial charge in [-0.3, -0.25) is 4.79 Å². The summed E-state index contributed by atoms with van der Waals surface area (Å²) < 4.78 is 0.951. The molecule has 2 N–H and O–H groups in total. The average Bonchev–Trinajstić information content (AvgIpc) is 2.63. The molecule has 1 atom stereocenters. The molecule has 3 aromatic rings. The lowest BCUT2D eigenvalue weighted by Gasteiger charge is -2.26. The maximum Gasteiger partial charge on any atom is 0.322 e. The summed E-state index contributed by atoms with van der Waals surface area (Å²) in [5.41, 5.74) is 1.48. The first-order valence-corrected chi connectivity index (χ1v) is 8.66. The van der Waals surface area contributed by atoms with Crippen LogP contribution in [0.4, 0.5) is 10.5 Å². The van der Waals surface area contributed by atoms with E-state index < -0.39 is 0 Å². The molecule has 0 saturated heterocycles. The minimum atomic E-state index is -0.217. The lowest BCUT2D eigenvalue weighted by molar-refractivity contribution is 0.208. The number of hydrogen-bond acceptors (Lipinski definition) is 2. The van der Waals surface area contributed by atoms with Crippen molar-refractivity contribution in [3.63, 3.8) is 0 Å². The fourth-order valence-electron chi connectivity index (χ4n) is 2.71. The number of nitrogens with zero attached hydrogens (tertiary/aromatic N) is 1. The van der Waals surface area contributed by atoms with Crippen molar-refractivity contribution in [1.29, 1.82) is 0 Å². The maximum absolute atomic E-state index is 12.5. The molecule has 1 aromatic heterocycles. The van der Waals surface area contributed by atoms with Crippen molar-refractivity contribution in [2.45, 2.75) is 13.0 Å². The van der Waals surface area contributed by atoms with Gasteiger partial charge in [0.2, 0.25) is 0 Å². The molecule has 2 amide bonds. The van der Waals surface area contributed by atoms with Crippen LogP contribution in [0, 0.1) is 0 Å². The van der Waals surface area contributed by atoms with E-state index in [0.29, 0.717) is 5.39 Å². The molecule has 0 fully saturated rings. The van der Waals surface area contributed by atoms with Crippen LogP contribution in [0.5, 0.6) is 0 Å². The summed E-state index contributed by atoms with van der Waals surface area (Å²) in [6.45, 7) is 1.93. The van der Waals surface area contributed by atoms with E-state index in [4.69, 9.17) is 0 Å². The Morgan fingerprint density at radius 3 is 2.44 bits per heavy atom. The monoisotopic (exact) mass is 399 g/mol. The number of anilines is 1. The lowest BCUT2D eigenvalue weighted by atomic mass is 10.0. The van der Waals surface area contributed by atoms with E-state index in [1.807, 2.05) is 49.4 Å². The molecule has 6 heteroatoms. The molecule has 128 valence electrons. The van der Waals surface area contributed by atoms with Gasteiger partial charge in [0.05, 0.1) is 6.04 Å². The van der Waals surface area contributed by atoms with Gasteiger partial charge in [0.1, 0.15) is 0 Å². The molecule has 2 aromatic carbocycles. The van der Waals surface area contributed by atoms with Crippen LogP contribution >= 0.6 is 15.9 Å². The van der Waals surface area contributed by atoms with Gasteiger partial charge in [-0.15, -0.1) is 0 Å². The van der Waals surface area contributed by atoms with E-state index in [1.165, 1.54) is 0 Å². The van der Waals surface area contributed by atoms with Gasteiger partial charge in [-0.25, -0.2) is 4.79 Å². The number of hydrogen-bond donors (Lipinski definition) is 2. The number of rotatable bonds is 3. The Labute approximate surface area is 153 Å². The summed E-state index contributed by atoms with van der Waals surface area (Å²) >= 11 is 3.37. The third-order valence-corrected chi connectivity index (χ3v) is 4.82. The number of halogens is 1. The Morgan fingerprint density at radius 2 is 1.76 bits per heavy atom. The zero-order valence-electron chi connectivity index (χ0n) is 13.9. The summed E-state index contributed by atoms with van der Waals surface area (Å²) in [5, 5.41) is 4.34. The molecular weight excluding hydrogens is 382 g/mol. The quantitative estimate of drug-likeness (QED) is 0.679. The number of benzene rings is 2. The highest BCUT2D eigenvalue weighted by Gasteiger charge is 2.20. The van der Waals surface area contributed by atoms with Gasteiger partial charge < -0.3 is 15.2 Å². The summed E-state index contributed by atoms with van der Waals surface area (Å²) in [7, 11) is 1.73. The molecular formula is C19H18BrN3O2. The van der Waals surface area contributed by atoms with Crippen molar-refractivity contribution in [2.24, 2.45) is 0 Å². The largest absolute Gasteiger partial charge is 0.328 e. The van der Waals surface area contributed by atoms with Crippen LogP contribution in [0.25, 0.3) is 10.8 Å². The van der Waals surface area contributed by atoms with Gasteiger partial charge in [0.15, 0.2) is 0 Å². The lowest BCUT2D eigenvalue weighted by Crippen LogP contribution is -2.34. The molecule has 0 radical (unpaired) electrons. The number of H-pyrrole nitrogens is 1. The van der Waals surface area contributed by atoms with Gasteiger partial charge in [0.25, 0.3) is 5.56 Å². The Kier molecular flexibility index (Phi) is 4.90. The Hall–Kier alpha value is -2.60. The van der Waals surface area contributed by atoms with Crippen LogP contribution in [-0.4, -0.2) is 23.0 Å². The molecule has 1 heterocycles. The number of nitrogens with one attached hydrogen (secondary N) is 2. The zero-order chi connectivity index (χ0) is 18.0. The van der Waals surface area contributed by atoms with Crippen LogP contribution in [0.1, 0.15) is 18.5 Å². The number of fused-ring (bicyclic) bond motifs is 1. The first kappa shape index (κ1) is 17.2. The minimum Gasteiger partial charge on any atom is -0.328 e. The molecule has 25 heavy (non-hydrogen) atoms. The van der Waals surface area contributed by atoms with E-state index in [-0.39, 0.29) is 17.6 Å². The topological polar surface area (TPSA) is 65.2 Å². The van der Waals surface area contributed by atoms with Gasteiger partial charge in [-0.2, -0.15) is 0 Å². The Bertz CT molecular complexity index is 966. The van der Waals surface area contributed by atoms with Crippen LogP contribution in [0.15, 0.2) is 64.0 Å². The number of urea groups is 1. The van der Waals surface area contributed by atoms with Crippen LogP contribution in [0.2, 0.25) is 0 Å². The second-order valence-corrected chi connectivity index (χ2v) is 6.76. The first-order chi connectivity index (χ1) is 12.0. The normalized spacial score (nSPS) is 12.0. The first-order valence-electron chi connectivity index (χ1n) is 7.87. The SMILES string of the molecule is CC(c1c[nH]c(=O)c2ccccc12)N(C)C(=O)Nc1ccc(Br)cc1. The van der Waals surface area contributed by atoms with E-state index >= 15 is 0 Å². The van der Waals surface area contributed by atoms with Crippen LogP contribution in [-0.2, 0) is 0 Å². The summed E-state index contributed by atoms with van der Waals surface area (Å²) in [5.74, 6) is 0. The molecule has 0 aliphatic carbocycles. The number of carbonyl (C=O) groups is 1. The number of carbonyl (C=O) groups excluding carboxylic acids is 1. The fraction of sp³-hybridized carbons (Fsp3) is 0.158.